The van der Waals surface area contributed by atoms with Crippen LogP contribution >= 0.6 is 0 Å². The van der Waals surface area contributed by atoms with Gasteiger partial charge < -0.3 is 10.2 Å². The highest BCUT2D eigenvalue weighted by molar-refractivity contribution is 6.06. The molecule has 0 atom stereocenters. The maximum Gasteiger partial charge on any atom is 0.255 e. The van der Waals surface area contributed by atoms with Crippen LogP contribution in [0.1, 0.15) is 15.9 Å². The average molecular weight is 272 g/mol. The quantitative estimate of drug-likeness (QED) is 0.928. The molecule has 0 heterocycles. The van der Waals surface area contributed by atoms with E-state index in [1.807, 2.05) is 43.3 Å². The van der Waals surface area contributed by atoms with Crippen LogP contribution in [-0.2, 0) is 0 Å². The van der Waals surface area contributed by atoms with Crippen molar-refractivity contribution in [1.82, 2.24) is 0 Å². The smallest absolute Gasteiger partial charge is 0.255 e. The summed E-state index contributed by atoms with van der Waals surface area (Å²) in [4.78, 5) is 14.2. The Hall–Kier alpha value is -2.36. The van der Waals surface area contributed by atoms with Gasteiger partial charge in [0, 0.05) is 19.7 Å². The third-order valence-electron chi connectivity index (χ3n) is 3.07. The third-order valence-corrected chi connectivity index (χ3v) is 3.07. The first-order valence-corrected chi connectivity index (χ1v) is 6.33. The molecular weight excluding hydrogens is 255 g/mol. The van der Waals surface area contributed by atoms with Gasteiger partial charge in [0.05, 0.1) is 11.4 Å². The summed E-state index contributed by atoms with van der Waals surface area (Å²) in [5.41, 5.74) is 2.73. The number of amides is 1. The van der Waals surface area contributed by atoms with E-state index in [9.17, 15) is 9.18 Å². The number of aryl methyl sites for hydroxylation is 1. The molecule has 20 heavy (non-hydrogen) atoms. The van der Waals surface area contributed by atoms with E-state index in [0.29, 0.717) is 11.1 Å². The number of para-hydroxylation sites is 2. The zero-order valence-electron chi connectivity index (χ0n) is 11.8. The number of benzene rings is 2. The predicted octanol–water partition coefficient (Wildman–Crippen LogP) is 3.45. The normalized spacial score (nSPS) is 10.2. The van der Waals surface area contributed by atoms with Crippen molar-refractivity contribution >= 4 is 17.3 Å². The number of nitrogens with one attached hydrogen (secondary N) is 1. The third kappa shape index (κ3) is 2.96. The molecular formula is C16H17FN2O. The lowest BCUT2D eigenvalue weighted by molar-refractivity contribution is 0.102. The fourth-order valence-corrected chi connectivity index (χ4v) is 2.04. The van der Waals surface area contributed by atoms with Crippen LogP contribution < -0.4 is 10.2 Å². The average Bonchev–Trinajstić information content (AvgIpc) is 2.38. The summed E-state index contributed by atoms with van der Waals surface area (Å²) in [5.74, 6) is -0.579. The van der Waals surface area contributed by atoms with Crippen LogP contribution in [0.2, 0.25) is 0 Å². The van der Waals surface area contributed by atoms with Crippen LogP contribution in [0.3, 0.4) is 0 Å². The van der Waals surface area contributed by atoms with Crippen molar-refractivity contribution < 1.29 is 9.18 Å². The second kappa shape index (κ2) is 5.74. The molecule has 0 aliphatic heterocycles. The Balaban J connectivity index is 2.28. The molecule has 2 rings (SSSR count). The fraction of sp³-hybridized carbons (Fsp3) is 0.188. The number of anilines is 2. The van der Waals surface area contributed by atoms with Gasteiger partial charge in [-0.05, 0) is 42.8 Å². The van der Waals surface area contributed by atoms with Crippen LogP contribution in [0.15, 0.2) is 42.5 Å². The lowest BCUT2D eigenvalue weighted by atomic mass is 10.1. The van der Waals surface area contributed by atoms with Crippen molar-refractivity contribution in [3.63, 3.8) is 0 Å². The van der Waals surface area contributed by atoms with Crippen molar-refractivity contribution in [1.29, 1.82) is 0 Å². The second-order valence-electron chi connectivity index (χ2n) is 4.82. The van der Waals surface area contributed by atoms with E-state index in [4.69, 9.17) is 0 Å². The largest absolute Gasteiger partial charge is 0.376 e. The minimum absolute atomic E-state index is 0.239. The summed E-state index contributed by atoms with van der Waals surface area (Å²) in [6.45, 7) is 1.72. The van der Waals surface area contributed by atoms with Crippen LogP contribution in [-0.4, -0.2) is 20.0 Å². The lowest BCUT2D eigenvalue weighted by Crippen LogP contribution is -2.17. The summed E-state index contributed by atoms with van der Waals surface area (Å²) in [6, 6.07) is 11.7. The van der Waals surface area contributed by atoms with Gasteiger partial charge in [-0.2, -0.15) is 0 Å². The molecule has 4 heteroatoms. The highest BCUT2D eigenvalue weighted by Gasteiger charge is 2.12. The van der Waals surface area contributed by atoms with Gasteiger partial charge in [0.1, 0.15) is 5.82 Å². The Morgan fingerprint density at radius 1 is 1.15 bits per heavy atom. The van der Waals surface area contributed by atoms with E-state index in [-0.39, 0.29) is 11.7 Å². The molecule has 2 aromatic rings. The van der Waals surface area contributed by atoms with E-state index in [1.165, 1.54) is 18.2 Å². The molecule has 0 unspecified atom stereocenters. The number of carbonyl (C=O) groups is 1. The molecule has 1 amide bonds. The van der Waals surface area contributed by atoms with Crippen LogP contribution in [0.5, 0.6) is 0 Å². The summed E-state index contributed by atoms with van der Waals surface area (Å²) in [6.07, 6.45) is 0. The Morgan fingerprint density at radius 3 is 2.50 bits per heavy atom. The summed E-state index contributed by atoms with van der Waals surface area (Å²) >= 11 is 0. The van der Waals surface area contributed by atoms with Gasteiger partial charge in [0.25, 0.3) is 5.91 Å². The van der Waals surface area contributed by atoms with Gasteiger partial charge in [-0.1, -0.05) is 12.1 Å². The Labute approximate surface area is 118 Å². The standard InChI is InChI=1S/C16H17FN2O/c1-11-10-12(17)8-9-13(11)16(20)18-14-6-4-5-7-15(14)19(2)3/h4-10H,1-3H3,(H,18,20). The van der Waals surface area contributed by atoms with Gasteiger partial charge in [-0.3, -0.25) is 4.79 Å². The number of nitrogens with zero attached hydrogens (tertiary/aromatic N) is 1. The molecule has 0 saturated heterocycles. The van der Waals surface area contributed by atoms with E-state index in [0.717, 1.165) is 11.4 Å². The molecule has 0 fully saturated rings. The SMILES string of the molecule is Cc1cc(F)ccc1C(=O)Nc1ccccc1N(C)C. The van der Waals surface area contributed by atoms with Crippen LogP contribution in [0.4, 0.5) is 15.8 Å². The number of hydrogen-bond donors (Lipinski definition) is 1. The molecule has 0 bridgehead atoms. The molecule has 0 spiro atoms. The summed E-state index contributed by atoms with van der Waals surface area (Å²) < 4.78 is 13.1. The van der Waals surface area contributed by atoms with Crippen LogP contribution in [0, 0.1) is 12.7 Å². The molecule has 0 aliphatic rings. The minimum atomic E-state index is -0.340. The molecule has 0 radical (unpaired) electrons. The Bertz CT molecular complexity index is 638. The zero-order valence-corrected chi connectivity index (χ0v) is 11.8. The van der Waals surface area contributed by atoms with Crippen molar-refractivity contribution in [2.45, 2.75) is 6.92 Å². The first-order valence-electron chi connectivity index (χ1n) is 6.33. The highest BCUT2D eigenvalue weighted by Crippen LogP contribution is 2.24. The minimum Gasteiger partial charge on any atom is -0.376 e. The van der Waals surface area contributed by atoms with E-state index >= 15 is 0 Å². The van der Waals surface area contributed by atoms with Gasteiger partial charge in [-0.15, -0.1) is 0 Å². The second-order valence-corrected chi connectivity index (χ2v) is 4.82. The number of halogens is 1. The number of hydrogen-bond acceptors (Lipinski definition) is 2. The highest BCUT2D eigenvalue weighted by atomic mass is 19.1. The van der Waals surface area contributed by atoms with Gasteiger partial charge in [-0.25, -0.2) is 4.39 Å². The Morgan fingerprint density at radius 2 is 1.85 bits per heavy atom. The predicted molar refractivity (Wildman–Crippen MR) is 79.9 cm³/mol. The molecule has 2 aromatic carbocycles. The van der Waals surface area contributed by atoms with Gasteiger partial charge >= 0.3 is 0 Å². The van der Waals surface area contributed by atoms with E-state index in [1.54, 1.807) is 6.92 Å². The first kappa shape index (κ1) is 14.1. The molecule has 3 nitrogen and oxygen atoms in total. The maximum atomic E-state index is 13.1. The molecule has 0 aliphatic carbocycles. The van der Waals surface area contributed by atoms with Crippen LogP contribution in [0.25, 0.3) is 0 Å². The molecule has 1 N–H and O–H groups in total. The number of carbonyl (C=O) groups excluding carboxylic acids is 1. The van der Waals surface area contributed by atoms with Gasteiger partial charge in [0.15, 0.2) is 0 Å². The van der Waals surface area contributed by atoms with E-state index < -0.39 is 0 Å². The summed E-state index contributed by atoms with van der Waals surface area (Å²) in [5, 5.41) is 2.87. The van der Waals surface area contributed by atoms with E-state index in [2.05, 4.69) is 5.32 Å². The Kier molecular flexibility index (Phi) is 4.03. The lowest BCUT2D eigenvalue weighted by Gasteiger charge is -2.18. The fourth-order valence-electron chi connectivity index (χ4n) is 2.04. The summed E-state index contributed by atoms with van der Waals surface area (Å²) in [7, 11) is 3.82. The molecule has 0 saturated carbocycles. The number of rotatable bonds is 3. The van der Waals surface area contributed by atoms with Crippen molar-refractivity contribution in [3.05, 3.63) is 59.4 Å². The maximum absolute atomic E-state index is 13.1. The zero-order chi connectivity index (χ0) is 14.7. The monoisotopic (exact) mass is 272 g/mol. The van der Waals surface area contributed by atoms with Crippen molar-refractivity contribution in [2.75, 3.05) is 24.3 Å². The molecule has 104 valence electrons. The van der Waals surface area contributed by atoms with Gasteiger partial charge in [0.2, 0.25) is 0 Å². The first-order chi connectivity index (χ1) is 9.49. The molecule has 0 aromatic heterocycles. The topological polar surface area (TPSA) is 32.3 Å². The van der Waals surface area contributed by atoms with Crippen molar-refractivity contribution in [2.24, 2.45) is 0 Å². The van der Waals surface area contributed by atoms with Crippen molar-refractivity contribution in [3.8, 4) is 0 Å².